The molecule has 0 aliphatic heterocycles. The highest BCUT2D eigenvalue weighted by Crippen LogP contribution is 2.40. The Morgan fingerprint density at radius 2 is 1.90 bits per heavy atom. The molecular formula is C22H16BrClN4O2. The third kappa shape index (κ3) is 3.49. The van der Waals surface area contributed by atoms with Crippen LogP contribution in [0.3, 0.4) is 0 Å². The first-order valence-corrected chi connectivity index (χ1v) is 10.5. The Bertz CT molecular complexity index is 1370. The molecule has 0 saturated carbocycles. The SMILES string of the molecule is OC(COc1c2ccccc2nc2nc3cc(Br)ccc3c(Cl)c12)Cn1cccn1. The van der Waals surface area contributed by atoms with Crippen molar-refractivity contribution in [2.45, 2.75) is 12.6 Å². The second kappa shape index (κ2) is 7.83. The lowest BCUT2D eigenvalue weighted by atomic mass is 10.1. The number of para-hydroxylation sites is 1. The number of ether oxygens (including phenoxy) is 1. The van der Waals surface area contributed by atoms with Gasteiger partial charge in [0.2, 0.25) is 0 Å². The number of hydrogen-bond donors (Lipinski definition) is 1. The number of benzene rings is 2. The minimum Gasteiger partial charge on any atom is -0.489 e. The molecule has 0 fully saturated rings. The normalized spacial score (nSPS) is 12.6. The van der Waals surface area contributed by atoms with E-state index in [0.717, 1.165) is 26.3 Å². The molecule has 0 spiro atoms. The Hall–Kier alpha value is -2.74. The minimum atomic E-state index is -0.741. The van der Waals surface area contributed by atoms with Gasteiger partial charge in [-0.25, -0.2) is 9.97 Å². The highest BCUT2D eigenvalue weighted by molar-refractivity contribution is 9.10. The van der Waals surface area contributed by atoms with E-state index in [-0.39, 0.29) is 6.61 Å². The van der Waals surface area contributed by atoms with Crippen LogP contribution in [-0.4, -0.2) is 37.6 Å². The van der Waals surface area contributed by atoms with Gasteiger partial charge in [0.15, 0.2) is 5.65 Å². The summed E-state index contributed by atoms with van der Waals surface area (Å²) in [6, 6.07) is 15.2. The van der Waals surface area contributed by atoms with E-state index in [1.807, 2.05) is 48.5 Å². The molecule has 0 saturated heterocycles. The molecule has 6 nitrogen and oxygen atoms in total. The number of hydrogen-bond acceptors (Lipinski definition) is 5. The third-order valence-corrected chi connectivity index (χ3v) is 5.73. The van der Waals surface area contributed by atoms with Crippen LogP contribution in [0.15, 0.2) is 65.4 Å². The number of aromatic nitrogens is 4. The second-order valence-electron chi connectivity index (χ2n) is 6.94. The minimum absolute atomic E-state index is 0.0810. The van der Waals surface area contributed by atoms with E-state index in [4.69, 9.17) is 26.3 Å². The predicted octanol–water partition coefficient (Wildman–Crippen LogP) is 4.99. The van der Waals surface area contributed by atoms with Crippen LogP contribution in [-0.2, 0) is 6.54 Å². The van der Waals surface area contributed by atoms with Gasteiger partial charge in [0, 0.05) is 27.6 Å². The average Bonchev–Trinajstić information content (AvgIpc) is 3.24. The van der Waals surface area contributed by atoms with Gasteiger partial charge in [-0.3, -0.25) is 4.68 Å². The van der Waals surface area contributed by atoms with Crippen LogP contribution in [0, 0.1) is 0 Å². The first-order valence-electron chi connectivity index (χ1n) is 9.35. The fourth-order valence-electron chi connectivity index (χ4n) is 3.49. The average molecular weight is 484 g/mol. The zero-order valence-corrected chi connectivity index (χ0v) is 18.0. The van der Waals surface area contributed by atoms with Gasteiger partial charge in [-0.15, -0.1) is 0 Å². The number of aliphatic hydroxyl groups is 1. The van der Waals surface area contributed by atoms with Gasteiger partial charge in [0.1, 0.15) is 18.5 Å². The number of pyridine rings is 2. The van der Waals surface area contributed by atoms with Gasteiger partial charge in [-0.1, -0.05) is 45.7 Å². The molecular weight excluding hydrogens is 468 g/mol. The summed E-state index contributed by atoms with van der Waals surface area (Å²) in [6.45, 7) is 0.411. The fourth-order valence-corrected chi connectivity index (χ4v) is 4.17. The largest absolute Gasteiger partial charge is 0.489 e. The van der Waals surface area contributed by atoms with Crippen molar-refractivity contribution in [1.29, 1.82) is 0 Å². The Morgan fingerprint density at radius 1 is 1.07 bits per heavy atom. The molecule has 0 aliphatic carbocycles. The summed E-state index contributed by atoms with van der Waals surface area (Å²) in [6.07, 6.45) is 2.73. The van der Waals surface area contributed by atoms with Gasteiger partial charge in [-0.05, 0) is 30.3 Å². The molecule has 8 heteroatoms. The lowest BCUT2D eigenvalue weighted by Gasteiger charge is -2.17. The quantitative estimate of drug-likeness (QED) is 0.357. The van der Waals surface area contributed by atoms with E-state index in [0.29, 0.717) is 28.4 Å². The summed E-state index contributed by atoms with van der Waals surface area (Å²) in [5.74, 6) is 0.567. The molecule has 1 N–H and O–H groups in total. The number of nitrogens with zero attached hydrogens (tertiary/aromatic N) is 4. The Morgan fingerprint density at radius 3 is 2.73 bits per heavy atom. The summed E-state index contributed by atoms with van der Waals surface area (Å²) >= 11 is 10.3. The van der Waals surface area contributed by atoms with E-state index in [9.17, 15) is 5.11 Å². The monoisotopic (exact) mass is 482 g/mol. The highest BCUT2D eigenvalue weighted by Gasteiger charge is 2.18. The molecule has 5 rings (SSSR count). The Kier molecular flexibility index (Phi) is 5.02. The maximum Gasteiger partial charge on any atom is 0.165 e. The van der Waals surface area contributed by atoms with Crippen LogP contribution in [0.2, 0.25) is 5.02 Å². The Labute approximate surface area is 185 Å². The van der Waals surface area contributed by atoms with Crippen molar-refractivity contribution < 1.29 is 9.84 Å². The zero-order chi connectivity index (χ0) is 20.7. The van der Waals surface area contributed by atoms with Crippen molar-refractivity contribution in [3.8, 4) is 5.75 Å². The molecule has 3 heterocycles. The van der Waals surface area contributed by atoms with E-state index < -0.39 is 6.10 Å². The van der Waals surface area contributed by atoms with Gasteiger partial charge in [0.05, 0.1) is 28.0 Å². The van der Waals surface area contributed by atoms with Crippen LogP contribution in [0.25, 0.3) is 32.8 Å². The first kappa shape index (κ1) is 19.2. The van der Waals surface area contributed by atoms with Crippen molar-refractivity contribution in [2.24, 2.45) is 0 Å². The molecule has 0 aliphatic rings. The molecule has 5 aromatic rings. The topological polar surface area (TPSA) is 73.1 Å². The van der Waals surface area contributed by atoms with Crippen molar-refractivity contribution in [2.75, 3.05) is 6.61 Å². The van der Waals surface area contributed by atoms with Crippen LogP contribution >= 0.6 is 27.5 Å². The van der Waals surface area contributed by atoms with Gasteiger partial charge < -0.3 is 9.84 Å². The smallest absolute Gasteiger partial charge is 0.165 e. The summed E-state index contributed by atoms with van der Waals surface area (Å²) in [4.78, 5) is 9.42. The Balaban J connectivity index is 1.64. The van der Waals surface area contributed by atoms with Gasteiger partial charge in [0.25, 0.3) is 0 Å². The molecule has 3 aromatic heterocycles. The molecule has 1 unspecified atom stereocenters. The van der Waals surface area contributed by atoms with Crippen LogP contribution in [0.5, 0.6) is 5.75 Å². The van der Waals surface area contributed by atoms with E-state index in [2.05, 4.69) is 21.0 Å². The fraction of sp³-hybridized carbons (Fsp3) is 0.136. The second-order valence-corrected chi connectivity index (χ2v) is 8.23. The number of fused-ring (bicyclic) bond motifs is 3. The molecule has 0 radical (unpaired) electrons. The van der Waals surface area contributed by atoms with Gasteiger partial charge in [-0.2, -0.15) is 5.10 Å². The van der Waals surface area contributed by atoms with Gasteiger partial charge >= 0.3 is 0 Å². The molecule has 0 amide bonds. The van der Waals surface area contributed by atoms with Crippen molar-refractivity contribution in [3.63, 3.8) is 0 Å². The standard InChI is InChI=1S/C22H16BrClN4O2/c23-13-6-7-15-18(10-13)27-22-19(20(15)24)21(16-4-1-2-5-17(16)26-22)30-12-14(29)11-28-9-3-8-25-28/h1-10,14,29H,11-12H2. The van der Waals surface area contributed by atoms with E-state index in [1.54, 1.807) is 17.1 Å². The lowest BCUT2D eigenvalue weighted by Crippen LogP contribution is -2.24. The maximum atomic E-state index is 10.4. The summed E-state index contributed by atoms with van der Waals surface area (Å²) < 4.78 is 8.71. The molecule has 1 atom stereocenters. The molecule has 2 aromatic carbocycles. The first-order chi connectivity index (χ1) is 14.6. The lowest BCUT2D eigenvalue weighted by molar-refractivity contribution is 0.0907. The zero-order valence-electron chi connectivity index (χ0n) is 15.7. The number of aliphatic hydroxyl groups excluding tert-OH is 1. The summed E-state index contributed by atoms with van der Waals surface area (Å²) in [5.41, 5.74) is 2.00. The van der Waals surface area contributed by atoms with E-state index >= 15 is 0 Å². The van der Waals surface area contributed by atoms with E-state index in [1.165, 1.54) is 0 Å². The predicted molar refractivity (Wildman–Crippen MR) is 121 cm³/mol. The van der Waals surface area contributed by atoms with Crippen LogP contribution < -0.4 is 4.74 Å². The van der Waals surface area contributed by atoms with Crippen LogP contribution in [0.1, 0.15) is 0 Å². The number of rotatable bonds is 5. The molecule has 0 bridgehead atoms. The highest BCUT2D eigenvalue weighted by atomic mass is 79.9. The maximum absolute atomic E-state index is 10.4. The van der Waals surface area contributed by atoms with Crippen molar-refractivity contribution >= 4 is 60.4 Å². The third-order valence-electron chi connectivity index (χ3n) is 4.84. The van der Waals surface area contributed by atoms with Crippen LogP contribution in [0.4, 0.5) is 0 Å². The molecule has 150 valence electrons. The van der Waals surface area contributed by atoms with Crippen molar-refractivity contribution in [3.05, 3.63) is 70.4 Å². The molecule has 30 heavy (non-hydrogen) atoms. The van der Waals surface area contributed by atoms with Crippen molar-refractivity contribution in [1.82, 2.24) is 19.7 Å². The number of halogens is 2. The summed E-state index contributed by atoms with van der Waals surface area (Å²) in [7, 11) is 0. The summed E-state index contributed by atoms with van der Waals surface area (Å²) in [5, 5.41) is 17.4.